The summed E-state index contributed by atoms with van der Waals surface area (Å²) in [5.41, 5.74) is 1.51. The van der Waals surface area contributed by atoms with Crippen molar-refractivity contribution in [2.45, 2.75) is 0 Å². The van der Waals surface area contributed by atoms with Gasteiger partial charge in [0.2, 0.25) is 5.91 Å². The monoisotopic (exact) mass is 405 g/mol. The summed E-state index contributed by atoms with van der Waals surface area (Å²) in [4.78, 5) is 16.7. The van der Waals surface area contributed by atoms with Gasteiger partial charge in [0.25, 0.3) is 0 Å². The van der Waals surface area contributed by atoms with Gasteiger partial charge in [-0.05, 0) is 24.3 Å². The molecule has 8 heteroatoms. The van der Waals surface area contributed by atoms with Crippen LogP contribution < -0.4 is 19.7 Å². The molecular weight excluding hydrogens is 385 g/mol. The van der Waals surface area contributed by atoms with E-state index in [1.165, 1.54) is 12.1 Å². The standard InChI is InChI=1S/C20H21ClFN3O3/c21-16-11-18-19(28-10-9-27-18)12-17(16)23-20(26)13-24-5-7-25(8-6-24)15-3-1-14(22)2-4-15/h1-4,11-12H,5-10,13H2,(H,23,26). The molecule has 28 heavy (non-hydrogen) atoms. The lowest BCUT2D eigenvalue weighted by Gasteiger charge is -2.35. The van der Waals surface area contributed by atoms with E-state index in [0.29, 0.717) is 35.4 Å². The van der Waals surface area contributed by atoms with Gasteiger partial charge in [0, 0.05) is 44.0 Å². The van der Waals surface area contributed by atoms with E-state index in [2.05, 4.69) is 15.1 Å². The summed E-state index contributed by atoms with van der Waals surface area (Å²) in [6.07, 6.45) is 0. The quantitative estimate of drug-likeness (QED) is 0.847. The molecule has 0 bridgehead atoms. The van der Waals surface area contributed by atoms with Crippen molar-refractivity contribution < 1.29 is 18.7 Å². The first-order valence-electron chi connectivity index (χ1n) is 9.20. The number of hydrogen-bond donors (Lipinski definition) is 1. The fraction of sp³-hybridized carbons (Fsp3) is 0.350. The summed E-state index contributed by atoms with van der Waals surface area (Å²) in [5, 5.41) is 3.27. The Labute approximate surface area is 167 Å². The SMILES string of the molecule is O=C(CN1CCN(c2ccc(F)cc2)CC1)Nc1cc2c(cc1Cl)OCCO2. The van der Waals surface area contributed by atoms with Crippen LogP contribution in [0.15, 0.2) is 36.4 Å². The van der Waals surface area contributed by atoms with E-state index in [9.17, 15) is 9.18 Å². The average Bonchev–Trinajstić information content (AvgIpc) is 2.70. The van der Waals surface area contributed by atoms with Gasteiger partial charge in [0.05, 0.1) is 17.3 Å². The van der Waals surface area contributed by atoms with Gasteiger partial charge in [0.15, 0.2) is 11.5 Å². The van der Waals surface area contributed by atoms with Crippen LogP contribution >= 0.6 is 11.6 Å². The Kier molecular flexibility index (Phi) is 5.54. The number of fused-ring (bicyclic) bond motifs is 1. The van der Waals surface area contributed by atoms with Gasteiger partial charge in [-0.3, -0.25) is 9.69 Å². The number of amides is 1. The molecule has 2 aliphatic rings. The second kappa shape index (κ2) is 8.24. The molecule has 0 aliphatic carbocycles. The van der Waals surface area contributed by atoms with Gasteiger partial charge >= 0.3 is 0 Å². The lowest BCUT2D eigenvalue weighted by atomic mass is 10.2. The maximum Gasteiger partial charge on any atom is 0.238 e. The molecule has 0 spiro atoms. The Morgan fingerprint density at radius 3 is 2.36 bits per heavy atom. The van der Waals surface area contributed by atoms with Crippen LogP contribution in [0.2, 0.25) is 5.02 Å². The molecule has 148 valence electrons. The van der Waals surface area contributed by atoms with Crippen molar-refractivity contribution >= 4 is 28.9 Å². The van der Waals surface area contributed by atoms with Gasteiger partial charge in [0.1, 0.15) is 19.0 Å². The molecule has 2 aromatic rings. The van der Waals surface area contributed by atoms with Crippen LogP contribution in [0.25, 0.3) is 0 Å². The van der Waals surface area contributed by atoms with Crippen LogP contribution in [-0.4, -0.2) is 56.7 Å². The van der Waals surface area contributed by atoms with Crippen LogP contribution in [0, 0.1) is 5.82 Å². The summed E-state index contributed by atoms with van der Waals surface area (Å²) in [6, 6.07) is 9.84. The number of nitrogens with zero attached hydrogens (tertiary/aromatic N) is 2. The van der Waals surface area contributed by atoms with Crippen molar-refractivity contribution in [2.75, 3.05) is 56.2 Å². The molecule has 0 atom stereocenters. The molecule has 0 unspecified atom stereocenters. The fourth-order valence-corrected chi connectivity index (χ4v) is 3.57. The zero-order valence-electron chi connectivity index (χ0n) is 15.3. The number of benzene rings is 2. The van der Waals surface area contributed by atoms with E-state index in [1.807, 2.05) is 0 Å². The topological polar surface area (TPSA) is 54.0 Å². The number of hydrogen-bond acceptors (Lipinski definition) is 5. The molecule has 2 aliphatic heterocycles. The van der Waals surface area contributed by atoms with Crippen molar-refractivity contribution in [1.82, 2.24) is 4.90 Å². The van der Waals surface area contributed by atoms with Gasteiger partial charge < -0.3 is 19.7 Å². The molecule has 4 rings (SSSR count). The maximum atomic E-state index is 13.1. The van der Waals surface area contributed by atoms with E-state index in [-0.39, 0.29) is 18.3 Å². The number of nitrogens with one attached hydrogen (secondary N) is 1. The number of carbonyl (C=O) groups is 1. The second-order valence-corrected chi connectivity index (χ2v) is 7.17. The number of carbonyl (C=O) groups excluding carboxylic acids is 1. The fourth-order valence-electron chi connectivity index (χ4n) is 3.37. The molecule has 0 aromatic heterocycles. The minimum atomic E-state index is -0.239. The van der Waals surface area contributed by atoms with Gasteiger partial charge in [-0.15, -0.1) is 0 Å². The van der Waals surface area contributed by atoms with Crippen LogP contribution in [0.5, 0.6) is 11.5 Å². The van der Waals surface area contributed by atoms with Crippen molar-refractivity contribution in [3.8, 4) is 11.5 Å². The Morgan fingerprint density at radius 2 is 1.68 bits per heavy atom. The van der Waals surface area contributed by atoms with Crippen molar-refractivity contribution in [3.05, 3.63) is 47.2 Å². The third-order valence-corrected chi connectivity index (χ3v) is 5.15. The predicted octanol–water partition coefficient (Wildman–Crippen LogP) is 3.01. The first kappa shape index (κ1) is 18.8. The first-order chi connectivity index (χ1) is 13.6. The zero-order valence-corrected chi connectivity index (χ0v) is 16.0. The second-order valence-electron chi connectivity index (χ2n) is 6.76. The molecule has 2 aromatic carbocycles. The minimum Gasteiger partial charge on any atom is -0.486 e. The van der Waals surface area contributed by atoms with Crippen LogP contribution in [0.4, 0.5) is 15.8 Å². The van der Waals surface area contributed by atoms with E-state index in [4.69, 9.17) is 21.1 Å². The molecule has 0 saturated carbocycles. The Morgan fingerprint density at radius 1 is 1.04 bits per heavy atom. The van der Waals surface area contributed by atoms with E-state index >= 15 is 0 Å². The predicted molar refractivity (Wildman–Crippen MR) is 106 cm³/mol. The molecule has 1 saturated heterocycles. The number of anilines is 2. The van der Waals surface area contributed by atoms with Gasteiger partial charge in [-0.1, -0.05) is 11.6 Å². The average molecular weight is 406 g/mol. The summed E-state index contributed by atoms with van der Waals surface area (Å²) in [5.74, 6) is 0.802. The van der Waals surface area contributed by atoms with Gasteiger partial charge in [-0.25, -0.2) is 4.39 Å². The molecule has 1 fully saturated rings. The molecule has 1 N–H and O–H groups in total. The van der Waals surface area contributed by atoms with Crippen LogP contribution in [0.3, 0.4) is 0 Å². The number of halogens is 2. The highest BCUT2D eigenvalue weighted by atomic mass is 35.5. The van der Waals surface area contributed by atoms with E-state index < -0.39 is 0 Å². The minimum absolute atomic E-state index is 0.131. The molecule has 2 heterocycles. The van der Waals surface area contributed by atoms with Crippen molar-refractivity contribution in [2.24, 2.45) is 0 Å². The summed E-state index contributed by atoms with van der Waals surface area (Å²) in [7, 11) is 0. The largest absolute Gasteiger partial charge is 0.486 e. The van der Waals surface area contributed by atoms with E-state index in [0.717, 1.165) is 31.9 Å². The van der Waals surface area contributed by atoms with E-state index in [1.54, 1.807) is 24.3 Å². The molecule has 0 radical (unpaired) electrons. The summed E-state index contributed by atoms with van der Waals surface area (Å²) < 4.78 is 24.1. The highest BCUT2D eigenvalue weighted by molar-refractivity contribution is 6.34. The molecular formula is C20H21ClFN3O3. The normalized spacial score (nSPS) is 16.7. The lowest BCUT2D eigenvalue weighted by Crippen LogP contribution is -2.48. The highest BCUT2D eigenvalue weighted by Crippen LogP contribution is 2.37. The van der Waals surface area contributed by atoms with Crippen molar-refractivity contribution in [3.63, 3.8) is 0 Å². The number of piperazine rings is 1. The molecule has 1 amide bonds. The highest BCUT2D eigenvalue weighted by Gasteiger charge is 2.21. The third-order valence-electron chi connectivity index (χ3n) is 4.84. The summed E-state index contributed by atoms with van der Waals surface area (Å²) in [6.45, 7) is 4.30. The Bertz CT molecular complexity index is 855. The Balaban J connectivity index is 1.31. The van der Waals surface area contributed by atoms with Gasteiger partial charge in [-0.2, -0.15) is 0 Å². The Hall–Kier alpha value is -2.51. The molecule has 6 nitrogen and oxygen atoms in total. The number of rotatable bonds is 4. The maximum absolute atomic E-state index is 13.1. The summed E-state index contributed by atoms with van der Waals surface area (Å²) >= 11 is 6.25. The van der Waals surface area contributed by atoms with Crippen LogP contribution in [-0.2, 0) is 4.79 Å². The zero-order chi connectivity index (χ0) is 19.5. The van der Waals surface area contributed by atoms with Crippen molar-refractivity contribution in [1.29, 1.82) is 0 Å². The van der Waals surface area contributed by atoms with Crippen LogP contribution in [0.1, 0.15) is 0 Å². The number of ether oxygens (including phenoxy) is 2. The third kappa shape index (κ3) is 4.31. The first-order valence-corrected chi connectivity index (χ1v) is 9.58. The lowest BCUT2D eigenvalue weighted by molar-refractivity contribution is -0.117. The smallest absolute Gasteiger partial charge is 0.238 e.